The van der Waals surface area contributed by atoms with E-state index in [1.165, 1.54) is 4.90 Å². The van der Waals surface area contributed by atoms with Gasteiger partial charge in [-0.25, -0.2) is 4.90 Å². The molecule has 106 valence electrons. The molecule has 0 spiro atoms. The van der Waals surface area contributed by atoms with E-state index < -0.39 is 0 Å². The van der Waals surface area contributed by atoms with Crippen LogP contribution in [0.3, 0.4) is 0 Å². The Labute approximate surface area is 122 Å². The van der Waals surface area contributed by atoms with E-state index in [-0.39, 0.29) is 17.6 Å². The van der Waals surface area contributed by atoms with E-state index in [2.05, 4.69) is 0 Å². The van der Waals surface area contributed by atoms with Gasteiger partial charge < -0.3 is 0 Å². The molecule has 2 aliphatic carbocycles. The van der Waals surface area contributed by atoms with Crippen molar-refractivity contribution in [1.29, 1.82) is 0 Å². The van der Waals surface area contributed by atoms with Crippen LogP contribution in [0, 0.1) is 0 Å². The SMILES string of the molecule is O=C1CCc2ccc(N3C(=O)C4=C(CCCC4)C3=O)cc21. The zero-order valence-electron chi connectivity index (χ0n) is 11.6. The van der Waals surface area contributed by atoms with Gasteiger partial charge in [-0.15, -0.1) is 0 Å². The van der Waals surface area contributed by atoms with Gasteiger partial charge in [0.15, 0.2) is 5.78 Å². The van der Waals surface area contributed by atoms with Crippen LogP contribution < -0.4 is 4.90 Å². The number of nitrogens with zero attached hydrogens (tertiary/aromatic N) is 1. The number of carbonyl (C=O) groups excluding carboxylic acids is 3. The summed E-state index contributed by atoms with van der Waals surface area (Å²) < 4.78 is 0. The molecular weight excluding hydrogens is 266 g/mol. The van der Waals surface area contributed by atoms with Gasteiger partial charge >= 0.3 is 0 Å². The summed E-state index contributed by atoms with van der Waals surface area (Å²) >= 11 is 0. The number of rotatable bonds is 1. The molecule has 1 aromatic rings. The monoisotopic (exact) mass is 281 g/mol. The minimum atomic E-state index is -0.194. The molecule has 0 aromatic heterocycles. The van der Waals surface area contributed by atoms with Crippen molar-refractivity contribution in [3.05, 3.63) is 40.5 Å². The number of hydrogen-bond donors (Lipinski definition) is 0. The lowest BCUT2D eigenvalue weighted by atomic mass is 9.93. The van der Waals surface area contributed by atoms with Crippen LogP contribution in [-0.4, -0.2) is 17.6 Å². The number of benzene rings is 1. The van der Waals surface area contributed by atoms with Gasteiger partial charge in [0.1, 0.15) is 0 Å². The third-order valence-electron chi connectivity index (χ3n) is 4.66. The zero-order valence-corrected chi connectivity index (χ0v) is 11.6. The Balaban J connectivity index is 1.75. The number of fused-ring (bicyclic) bond motifs is 1. The highest BCUT2D eigenvalue weighted by Crippen LogP contribution is 2.36. The van der Waals surface area contributed by atoms with E-state index in [9.17, 15) is 14.4 Å². The standard InChI is InChI=1S/C17H15NO3/c19-15-8-6-10-5-7-11(9-14(10)15)18-16(20)12-3-1-2-4-13(12)17(18)21/h5,7,9H,1-4,6,8H2. The predicted molar refractivity (Wildman–Crippen MR) is 77.1 cm³/mol. The van der Waals surface area contributed by atoms with Gasteiger partial charge in [0.05, 0.1) is 5.69 Å². The molecule has 0 unspecified atom stereocenters. The number of amides is 2. The Morgan fingerprint density at radius 3 is 2.14 bits per heavy atom. The molecule has 21 heavy (non-hydrogen) atoms. The lowest BCUT2D eigenvalue weighted by Gasteiger charge is -2.16. The molecule has 0 fully saturated rings. The highest BCUT2D eigenvalue weighted by molar-refractivity contribution is 6.33. The average molecular weight is 281 g/mol. The molecule has 0 N–H and O–H groups in total. The predicted octanol–water partition coefficient (Wildman–Crippen LogP) is 2.56. The largest absolute Gasteiger partial charge is 0.294 e. The van der Waals surface area contributed by atoms with Crippen molar-refractivity contribution in [3.8, 4) is 0 Å². The summed E-state index contributed by atoms with van der Waals surface area (Å²) in [6.07, 6.45) is 4.60. The number of anilines is 1. The van der Waals surface area contributed by atoms with Crippen LogP contribution in [0.25, 0.3) is 0 Å². The minimum Gasteiger partial charge on any atom is -0.294 e. The van der Waals surface area contributed by atoms with Crippen molar-refractivity contribution in [3.63, 3.8) is 0 Å². The van der Waals surface area contributed by atoms with Crippen molar-refractivity contribution in [2.75, 3.05) is 4.90 Å². The first kappa shape index (κ1) is 12.5. The van der Waals surface area contributed by atoms with E-state index in [1.807, 2.05) is 6.07 Å². The molecule has 3 aliphatic rings. The average Bonchev–Trinajstić information content (AvgIpc) is 2.99. The van der Waals surface area contributed by atoms with Crippen LogP contribution in [0.4, 0.5) is 5.69 Å². The first-order chi connectivity index (χ1) is 10.2. The molecule has 1 aromatic carbocycles. The fourth-order valence-electron chi connectivity index (χ4n) is 3.54. The topological polar surface area (TPSA) is 54.5 Å². The Bertz CT molecular complexity index is 702. The molecule has 2 amide bonds. The highest BCUT2D eigenvalue weighted by atomic mass is 16.2. The normalized spacial score (nSPS) is 21.1. The quantitative estimate of drug-likeness (QED) is 0.743. The highest BCUT2D eigenvalue weighted by Gasteiger charge is 2.40. The lowest BCUT2D eigenvalue weighted by molar-refractivity contribution is -0.120. The molecule has 0 radical (unpaired) electrons. The molecule has 1 heterocycles. The Kier molecular flexibility index (Phi) is 2.61. The van der Waals surface area contributed by atoms with Crippen LogP contribution in [-0.2, 0) is 16.0 Å². The maximum atomic E-state index is 12.5. The number of ketones is 1. The summed E-state index contributed by atoms with van der Waals surface area (Å²) in [6.45, 7) is 0. The van der Waals surface area contributed by atoms with E-state index in [1.54, 1.807) is 12.1 Å². The van der Waals surface area contributed by atoms with Crippen LogP contribution in [0.5, 0.6) is 0 Å². The van der Waals surface area contributed by atoms with Crippen LogP contribution in [0.15, 0.2) is 29.3 Å². The number of hydrogen-bond acceptors (Lipinski definition) is 3. The van der Waals surface area contributed by atoms with Crippen molar-refractivity contribution in [2.24, 2.45) is 0 Å². The third-order valence-corrected chi connectivity index (χ3v) is 4.66. The van der Waals surface area contributed by atoms with Crippen molar-refractivity contribution < 1.29 is 14.4 Å². The Hall–Kier alpha value is -2.23. The number of aryl methyl sites for hydroxylation is 1. The maximum Gasteiger partial charge on any atom is 0.261 e. The Morgan fingerprint density at radius 2 is 1.48 bits per heavy atom. The zero-order chi connectivity index (χ0) is 14.6. The van der Waals surface area contributed by atoms with Crippen molar-refractivity contribution >= 4 is 23.3 Å². The second-order valence-electron chi connectivity index (χ2n) is 5.87. The minimum absolute atomic E-state index is 0.101. The summed E-state index contributed by atoms with van der Waals surface area (Å²) in [5, 5.41) is 0. The van der Waals surface area contributed by atoms with Crippen molar-refractivity contribution in [1.82, 2.24) is 0 Å². The molecule has 4 heteroatoms. The molecule has 0 saturated carbocycles. The van der Waals surface area contributed by atoms with Crippen LogP contribution in [0.1, 0.15) is 48.0 Å². The summed E-state index contributed by atoms with van der Waals surface area (Å²) in [6, 6.07) is 5.36. The summed E-state index contributed by atoms with van der Waals surface area (Å²) in [5.41, 5.74) is 3.57. The number of Topliss-reactive ketones (excluding diaryl/α,β-unsaturated/α-hetero) is 1. The fraction of sp³-hybridized carbons (Fsp3) is 0.353. The molecule has 0 atom stereocenters. The van der Waals surface area contributed by atoms with E-state index in [0.29, 0.717) is 41.7 Å². The second kappa shape index (κ2) is 4.38. The van der Waals surface area contributed by atoms with E-state index in [0.717, 1.165) is 24.8 Å². The van der Waals surface area contributed by atoms with Gasteiger partial charge in [-0.2, -0.15) is 0 Å². The summed E-state index contributed by atoms with van der Waals surface area (Å²) in [5.74, 6) is -0.288. The Morgan fingerprint density at radius 1 is 0.810 bits per heavy atom. The van der Waals surface area contributed by atoms with Gasteiger partial charge in [0.25, 0.3) is 11.8 Å². The number of imide groups is 1. The lowest BCUT2D eigenvalue weighted by Crippen LogP contribution is -2.31. The first-order valence-electron chi connectivity index (χ1n) is 7.44. The van der Waals surface area contributed by atoms with Gasteiger partial charge in [-0.1, -0.05) is 6.07 Å². The molecule has 1 aliphatic heterocycles. The fourth-order valence-corrected chi connectivity index (χ4v) is 3.54. The molecular formula is C17H15NO3. The van der Waals surface area contributed by atoms with Crippen molar-refractivity contribution in [2.45, 2.75) is 38.5 Å². The smallest absolute Gasteiger partial charge is 0.261 e. The van der Waals surface area contributed by atoms with Gasteiger partial charge in [0, 0.05) is 23.1 Å². The summed E-state index contributed by atoms with van der Waals surface area (Å²) in [7, 11) is 0. The molecule has 0 saturated heterocycles. The molecule has 4 nitrogen and oxygen atoms in total. The van der Waals surface area contributed by atoms with E-state index in [4.69, 9.17) is 0 Å². The van der Waals surface area contributed by atoms with E-state index >= 15 is 0 Å². The second-order valence-corrected chi connectivity index (χ2v) is 5.87. The van der Waals surface area contributed by atoms with Crippen LogP contribution in [0.2, 0.25) is 0 Å². The maximum absolute atomic E-state index is 12.5. The third kappa shape index (κ3) is 1.71. The summed E-state index contributed by atoms with van der Waals surface area (Å²) in [4.78, 5) is 38.1. The van der Waals surface area contributed by atoms with Gasteiger partial charge in [-0.05, 0) is 49.8 Å². The molecule has 4 rings (SSSR count). The van der Waals surface area contributed by atoms with Gasteiger partial charge in [0.2, 0.25) is 0 Å². The van der Waals surface area contributed by atoms with Crippen LogP contribution >= 0.6 is 0 Å². The molecule has 0 bridgehead atoms. The first-order valence-corrected chi connectivity index (χ1v) is 7.44. The van der Waals surface area contributed by atoms with Gasteiger partial charge in [-0.3, -0.25) is 14.4 Å². The number of carbonyl (C=O) groups is 3.